The van der Waals surface area contributed by atoms with Crippen LogP contribution in [0.4, 0.5) is 0 Å². The van der Waals surface area contributed by atoms with Crippen LogP contribution in [0.25, 0.3) is 0 Å². The maximum absolute atomic E-state index is 12.8. The lowest BCUT2D eigenvalue weighted by molar-refractivity contribution is -0.167. The van der Waals surface area contributed by atoms with E-state index in [0.717, 1.165) is 141 Å². The molecule has 0 N–H and O–H groups in total. The summed E-state index contributed by atoms with van der Waals surface area (Å²) in [6, 6.07) is 0. The van der Waals surface area contributed by atoms with Crippen LogP contribution in [-0.2, 0) is 28.6 Å². The van der Waals surface area contributed by atoms with E-state index in [1.807, 2.05) is 0 Å². The number of carbonyl (C=O) groups is 3. The number of unbranched alkanes of at least 4 members (excludes halogenated alkanes) is 14. The second kappa shape index (κ2) is 52.4. The molecule has 0 spiro atoms. The molecule has 0 saturated carbocycles. The normalized spacial score (nSPS) is 13.1. The second-order valence-corrected chi connectivity index (χ2v) is 16.7. The fourth-order valence-corrected chi connectivity index (χ4v) is 6.57. The fraction of sp³-hybridized carbons (Fsp3) is 0.610. The van der Waals surface area contributed by atoms with E-state index in [-0.39, 0.29) is 37.5 Å². The van der Waals surface area contributed by atoms with Gasteiger partial charge in [0.25, 0.3) is 0 Å². The number of hydrogen-bond donors (Lipinski definition) is 0. The van der Waals surface area contributed by atoms with Crippen molar-refractivity contribution in [3.63, 3.8) is 0 Å². The molecular weight excluding hydrogens is 805 g/mol. The van der Waals surface area contributed by atoms with E-state index in [1.54, 1.807) is 0 Å². The van der Waals surface area contributed by atoms with Gasteiger partial charge in [0.05, 0.1) is 0 Å². The first-order valence-electron chi connectivity index (χ1n) is 26.0. The second-order valence-electron chi connectivity index (χ2n) is 16.7. The summed E-state index contributed by atoms with van der Waals surface area (Å²) in [7, 11) is 0. The van der Waals surface area contributed by atoms with Gasteiger partial charge in [0.1, 0.15) is 13.2 Å². The number of hydrogen-bond acceptors (Lipinski definition) is 6. The lowest BCUT2D eigenvalue weighted by Crippen LogP contribution is -2.30. The SMILES string of the molecule is CC/C=C\C/C=C\C/C=C\C/C=C\CCCCCCC(=O)OC[C@H](COC(=O)CCCCCCC/C=C\C/C=C\C/C=C\CC)OC(=O)CCCC/C=C\C/C=C\C/C=C\CCCCC. The molecule has 0 aliphatic rings. The average Bonchev–Trinajstić information content (AvgIpc) is 3.30. The highest BCUT2D eigenvalue weighted by atomic mass is 16.6. The van der Waals surface area contributed by atoms with E-state index in [9.17, 15) is 14.4 Å². The molecule has 0 amide bonds. The quantitative estimate of drug-likeness (QED) is 0.0262. The smallest absolute Gasteiger partial charge is 0.306 e. The van der Waals surface area contributed by atoms with Gasteiger partial charge in [0, 0.05) is 19.3 Å². The van der Waals surface area contributed by atoms with Crippen molar-refractivity contribution >= 4 is 17.9 Å². The van der Waals surface area contributed by atoms with Crippen molar-refractivity contribution in [3.8, 4) is 0 Å². The zero-order valence-electron chi connectivity index (χ0n) is 41.7. The third kappa shape index (κ3) is 50.7. The van der Waals surface area contributed by atoms with Gasteiger partial charge in [-0.1, -0.05) is 187 Å². The van der Waals surface area contributed by atoms with E-state index in [4.69, 9.17) is 14.2 Å². The Bertz CT molecular complexity index is 1400. The third-order valence-corrected chi connectivity index (χ3v) is 10.4. The summed E-state index contributed by atoms with van der Waals surface area (Å²) in [5.74, 6) is -1.000. The van der Waals surface area contributed by atoms with E-state index >= 15 is 0 Å². The minimum Gasteiger partial charge on any atom is -0.462 e. The van der Waals surface area contributed by atoms with Crippen molar-refractivity contribution in [3.05, 3.63) is 122 Å². The van der Waals surface area contributed by atoms with Crippen LogP contribution in [0.1, 0.15) is 213 Å². The lowest BCUT2D eigenvalue weighted by atomic mass is 10.1. The van der Waals surface area contributed by atoms with E-state index in [1.165, 1.54) is 25.7 Å². The van der Waals surface area contributed by atoms with Gasteiger partial charge < -0.3 is 14.2 Å². The van der Waals surface area contributed by atoms with Crippen LogP contribution in [0.3, 0.4) is 0 Å². The highest BCUT2D eigenvalue weighted by Crippen LogP contribution is 2.12. The van der Waals surface area contributed by atoms with Crippen molar-refractivity contribution in [2.24, 2.45) is 0 Å². The first-order valence-corrected chi connectivity index (χ1v) is 26.0. The topological polar surface area (TPSA) is 78.9 Å². The van der Waals surface area contributed by atoms with Gasteiger partial charge in [-0.05, 0) is 128 Å². The van der Waals surface area contributed by atoms with Crippen LogP contribution >= 0.6 is 0 Å². The lowest BCUT2D eigenvalue weighted by Gasteiger charge is -2.18. The zero-order valence-corrected chi connectivity index (χ0v) is 41.7. The molecular formula is C59H94O6. The first kappa shape index (κ1) is 60.8. The summed E-state index contributed by atoms with van der Waals surface area (Å²) in [4.78, 5) is 38.0. The maximum Gasteiger partial charge on any atom is 0.306 e. The first-order chi connectivity index (χ1) is 32.0. The fourth-order valence-electron chi connectivity index (χ4n) is 6.57. The largest absolute Gasteiger partial charge is 0.462 e. The van der Waals surface area contributed by atoms with Crippen molar-refractivity contribution < 1.29 is 28.6 Å². The Labute approximate surface area is 399 Å². The molecule has 0 aliphatic carbocycles. The Morgan fingerprint density at radius 2 is 0.600 bits per heavy atom. The Kier molecular flexibility index (Phi) is 49.1. The predicted molar refractivity (Wildman–Crippen MR) is 279 cm³/mol. The van der Waals surface area contributed by atoms with Crippen molar-refractivity contribution in [1.29, 1.82) is 0 Å². The predicted octanol–water partition coefficient (Wildman–Crippen LogP) is 17.3. The minimum atomic E-state index is -0.819. The standard InChI is InChI=1S/C59H94O6/c1-4-7-10-13-16-19-22-25-28-29-32-34-37-40-43-46-49-52-58(61)64-55-56(65-59(62)53-50-47-44-41-38-35-31-27-24-21-18-15-12-9-6-3)54-63-57(60)51-48-45-42-39-36-33-30-26-23-20-17-14-11-8-5-2/h7-8,10-11,16-21,25-28,30-32,34,38,41,56H,4-6,9,12-15,22-24,29,33,35-37,39-40,42-55H2,1-3H3/b10-7-,11-8-,19-16-,20-17-,21-18-,28-25-,30-26-,31-27-,34-32-,41-38-/t56-/m0/s1. The molecule has 0 fully saturated rings. The molecule has 1 atom stereocenters. The van der Waals surface area contributed by atoms with Gasteiger partial charge in [-0.3, -0.25) is 14.4 Å². The van der Waals surface area contributed by atoms with E-state index in [0.29, 0.717) is 19.3 Å². The molecule has 6 nitrogen and oxygen atoms in total. The Morgan fingerprint density at radius 1 is 0.323 bits per heavy atom. The van der Waals surface area contributed by atoms with Crippen molar-refractivity contribution in [1.82, 2.24) is 0 Å². The van der Waals surface area contributed by atoms with Gasteiger partial charge in [-0.25, -0.2) is 0 Å². The number of ether oxygens (including phenoxy) is 3. The van der Waals surface area contributed by atoms with Crippen LogP contribution in [-0.4, -0.2) is 37.2 Å². The maximum atomic E-state index is 12.8. The molecule has 0 aromatic heterocycles. The highest BCUT2D eigenvalue weighted by molar-refractivity contribution is 5.71. The van der Waals surface area contributed by atoms with Gasteiger partial charge in [0.15, 0.2) is 6.10 Å². The Balaban J connectivity index is 4.54. The highest BCUT2D eigenvalue weighted by Gasteiger charge is 2.19. The number of rotatable bonds is 45. The average molecular weight is 899 g/mol. The van der Waals surface area contributed by atoms with Crippen molar-refractivity contribution in [2.45, 2.75) is 219 Å². The molecule has 0 unspecified atom stereocenters. The number of esters is 3. The number of carbonyl (C=O) groups excluding carboxylic acids is 3. The minimum absolute atomic E-state index is 0.114. The molecule has 0 saturated heterocycles. The molecule has 6 heteroatoms. The summed E-state index contributed by atoms with van der Waals surface area (Å²) in [6.07, 6.45) is 71.8. The van der Waals surface area contributed by atoms with Gasteiger partial charge in [0.2, 0.25) is 0 Å². The van der Waals surface area contributed by atoms with Crippen LogP contribution in [0.5, 0.6) is 0 Å². The summed E-state index contributed by atoms with van der Waals surface area (Å²) in [6.45, 7) is 6.30. The monoisotopic (exact) mass is 899 g/mol. The molecule has 0 aromatic carbocycles. The molecule has 0 radical (unpaired) electrons. The Hall–Kier alpha value is -4.19. The van der Waals surface area contributed by atoms with Crippen LogP contribution in [0, 0.1) is 0 Å². The summed E-state index contributed by atoms with van der Waals surface area (Å²) < 4.78 is 16.7. The molecule has 65 heavy (non-hydrogen) atoms. The summed E-state index contributed by atoms with van der Waals surface area (Å²) >= 11 is 0. The van der Waals surface area contributed by atoms with Gasteiger partial charge in [-0.2, -0.15) is 0 Å². The van der Waals surface area contributed by atoms with Crippen LogP contribution in [0.2, 0.25) is 0 Å². The summed E-state index contributed by atoms with van der Waals surface area (Å²) in [5, 5.41) is 0. The molecule has 0 aromatic rings. The summed E-state index contributed by atoms with van der Waals surface area (Å²) in [5.41, 5.74) is 0. The molecule has 0 bridgehead atoms. The molecule has 0 rings (SSSR count). The van der Waals surface area contributed by atoms with Crippen LogP contribution < -0.4 is 0 Å². The van der Waals surface area contributed by atoms with Gasteiger partial charge in [-0.15, -0.1) is 0 Å². The Morgan fingerprint density at radius 3 is 0.969 bits per heavy atom. The van der Waals surface area contributed by atoms with Gasteiger partial charge >= 0.3 is 17.9 Å². The zero-order chi connectivity index (χ0) is 47.2. The molecule has 0 heterocycles. The third-order valence-electron chi connectivity index (χ3n) is 10.4. The van der Waals surface area contributed by atoms with E-state index in [2.05, 4.69) is 142 Å². The van der Waals surface area contributed by atoms with E-state index < -0.39 is 6.10 Å². The van der Waals surface area contributed by atoms with Crippen LogP contribution in [0.15, 0.2) is 122 Å². The van der Waals surface area contributed by atoms with Crippen molar-refractivity contribution in [2.75, 3.05) is 13.2 Å². The molecule has 0 aliphatic heterocycles. The number of allylic oxidation sites excluding steroid dienone is 20. The molecule has 366 valence electrons.